The Morgan fingerprint density at radius 2 is 1.83 bits per heavy atom. The van der Waals surface area contributed by atoms with Crippen molar-refractivity contribution in [2.24, 2.45) is 5.73 Å². The van der Waals surface area contributed by atoms with Crippen molar-refractivity contribution in [1.82, 2.24) is 4.90 Å². The minimum absolute atomic E-state index is 0.00317. The van der Waals surface area contributed by atoms with Gasteiger partial charge >= 0.3 is 12.1 Å². The average molecular weight is 270 g/mol. The second kappa shape index (κ2) is 6.03. The Labute approximate surface area is 103 Å². The summed E-state index contributed by atoms with van der Waals surface area (Å²) in [7, 11) is 1.09. The van der Waals surface area contributed by atoms with Crippen LogP contribution in [0.15, 0.2) is 0 Å². The molecular weight excluding hydrogens is 253 g/mol. The molecule has 2 N–H and O–H groups in total. The average Bonchev–Trinajstić information content (AvgIpc) is 2.25. The summed E-state index contributed by atoms with van der Waals surface area (Å²) < 4.78 is 42.2. The van der Waals surface area contributed by atoms with E-state index in [9.17, 15) is 22.8 Å². The fourth-order valence-corrected chi connectivity index (χ4v) is 1.19. The number of methoxy groups -OCH3 is 1. The first-order valence-corrected chi connectivity index (χ1v) is 5.29. The predicted octanol–water partition coefficient (Wildman–Crippen LogP) is 0.678. The largest absolute Gasteiger partial charge is 0.468 e. The molecule has 0 saturated carbocycles. The van der Waals surface area contributed by atoms with Gasteiger partial charge in [0.05, 0.1) is 7.11 Å². The van der Waals surface area contributed by atoms with E-state index >= 15 is 0 Å². The fourth-order valence-electron chi connectivity index (χ4n) is 1.19. The standard InChI is InChI=1S/C10H17F3N2O3/c1-4-5-15(6-7(16)18-3)8(17)9(2,14)10(11,12)13/h4-6,14H2,1-3H3. The van der Waals surface area contributed by atoms with Crippen molar-refractivity contribution < 1.29 is 27.5 Å². The molecule has 0 aromatic heterocycles. The van der Waals surface area contributed by atoms with E-state index in [-0.39, 0.29) is 6.54 Å². The molecule has 106 valence electrons. The number of ether oxygens (including phenoxy) is 1. The van der Waals surface area contributed by atoms with Crippen molar-refractivity contribution in [2.45, 2.75) is 32.0 Å². The number of amides is 1. The van der Waals surface area contributed by atoms with Gasteiger partial charge in [0.2, 0.25) is 0 Å². The minimum atomic E-state index is -4.88. The zero-order valence-corrected chi connectivity index (χ0v) is 10.5. The van der Waals surface area contributed by atoms with E-state index < -0.39 is 30.1 Å². The van der Waals surface area contributed by atoms with Crippen molar-refractivity contribution in [3.63, 3.8) is 0 Å². The van der Waals surface area contributed by atoms with E-state index in [4.69, 9.17) is 5.73 Å². The minimum Gasteiger partial charge on any atom is -0.468 e. The second-order valence-electron chi connectivity index (χ2n) is 4.00. The Kier molecular flexibility index (Phi) is 5.59. The molecule has 8 heteroatoms. The maximum Gasteiger partial charge on any atom is 0.415 e. The van der Waals surface area contributed by atoms with Crippen molar-refractivity contribution in [1.29, 1.82) is 0 Å². The Hall–Kier alpha value is -1.31. The number of esters is 1. The number of hydrogen-bond acceptors (Lipinski definition) is 4. The molecule has 0 heterocycles. The molecule has 1 amide bonds. The molecule has 18 heavy (non-hydrogen) atoms. The quantitative estimate of drug-likeness (QED) is 0.745. The van der Waals surface area contributed by atoms with Gasteiger partial charge in [0.1, 0.15) is 6.54 Å². The molecule has 0 aliphatic rings. The van der Waals surface area contributed by atoms with Gasteiger partial charge < -0.3 is 15.4 Å². The summed E-state index contributed by atoms with van der Waals surface area (Å²) in [6, 6.07) is 0. The van der Waals surface area contributed by atoms with Crippen molar-refractivity contribution in [3.8, 4) is 0 Å². The summed E-state index contributed by atoms with van der Waals surface area (Å²) >= 11 is 0. The lowest BCUT2D eigenvalue weighted by Crippen LogP contribution is -2.62. The lowest BCUT2D eigenvalue weighted by Gasteiger charge is -2.32. The van der Waals surface area contributed by atoms with Crippen LogP contribution >= 0.6 is 0 Å². The van der Waals surface area contributed by atoms with Crippen LogP contribution < -0.4 is 5.73 Å². The third kappa shape index (κ3) is 3.86. The number of nitrogens with zero attached hydrogens (tertiary/aromatic N) is 1. The Bertz CT molecular complexity index is 316. The summed E-state index contributed by atoms with van der Waals surface area (Å²) in [5, 5.41) is 0. The predicted molar refractivity (Wildman–Crippen MR) is 57.5 cm³/mol. The summed E-state index contributed by atoms with van der Waals surface area (Å²) in [4.78, 5) is 23.5. The van der Waals surface area contributed by atoms with Crippen LogP contribution in [0.5, 0.6) is 0 Å². The van der Waals surface area contributed by atoms with Gasteiger partial charge in [-0.1, -0.05) is 6.92 Å². The van der Waals surface area contributed by atoms with Gasteiger partial charge in [-0.05, 0) is 13.3 Å². The zero-order valence-electron chi connectivity index (χ0n) is 10.5. The van der Waals surface area contributed by atoms with Gasteiger partial charge in [-0.25, -0.2) is 0 Å². The maximum absolute atomic E-state index is 12.6. The van der Waals surface area contributed by atoms with Gasteiger partial charge in [-0.3, -0.25) is 9.59 Å². The summed E-state index contributed by atoms with van der Waals surface area (Å²) in [5.74, 6) is -2.14. The summed E-state index contributed by atoms with van der Waals surface area (Å²) in [6.45, 7) is 1.69. The molecule has 1 atom stereocenters. The molecule has 0 radical (unpaired) electrons. The first kappa shape index (κ1) is 16.7. The first-order chi connectivity index (χ1) is 8.07. The Morgan fingerprint density at radius 3 is 2.17 bits per heavy atom. The number of carbonyl (C=O) groups excluding carboxylic acids is 2. The highest BCUT2D eigenvalue weighted by Gasteiger charge is 2.55. The van der Waals surface area contributed by atoms with Crippen LogP contribution in [0.25, 0.3) is 0 Å². The molecule has 0 rings (SSSR count). The molecule has 0 aromatic carbocycles. The fraction of sp³-hybridized carbons (Fsp3) is 0.800. The molecule has 5 nitrogen and oxygen atoms in total. The molecule has 1 unspecified atom stereocenters. The zero-order chi connectivity index (χ0) is 14.6. The second-order valence-corrected chi connectivity index (χ2v) is 4.00. The van der Waals surface area contributed by atoms with E-state index in [1.807, 2.05) is 0 Å². The van der Waals surface area contributed by atoms with E-state index in [0.29, 0.717) is 13.3 Å². The van der Waals surface area contributed by atoms with E-state index in [0.717, 1.165) is 12.0 Å². The molecular formula is C10H17F3N2O3. The third-order valence-corrected chi connectivity index (χ3v) is 2.36. The summed E-state index contributed by atoms with van der Waals surface area (Å²) in [5.41, 5.74) is 2.00. The maximum atomic E-state index is 12.6. The SMILES string of the molecule is CCCN(CC(=O)OC)C(=O)C(C)(N)C(F)(F)F. The van der Waals surface area contributed by atoms with Gasteiger partial charge in [0.25, 0.3) is 5.91 Å². The number of alkyl halides is 3. The van der Waals surface area contributed by atoms with Crippen LogP contribution in [-0.2, 0) is 14.3 Å². The van der Waals surface area contributed by atoms with Gasteiger partial charge in [0.15, 0.2) is 5.54 Å². The topological polar surface area (TPSA) is 72.6 Å². The lowest BCUT2D eigenvalue weighted by atomic mass is 10.0. The van der Waals surface area contributed by atoms with Crippen LogP contribution in [0.2, 0.25) is 0 Å². The molecule has 0 spiro atoms. The smallest absolute Gasteiger partial charge is 0.415 e. The van der Waals surface area contributed by atoms with Crippen LogP contribution in [-0.4, -0.2) is 48.7 Å². The lowest BCUT2D eigenvalue weighted by molar-refractivity contribution is -0.194. The van der Waals surface area contributed by atoms with Crippen molar-refractivity contribution >= 4 is 11.9 Å². The van der Waals surface area contributed by atoms with E-state index in [1.54, 1.807) is 6.92 Å². The van der Waals surface area contributed by atoms with E-state index in [2.05, 4.69) is 4.74 Å². The normalized spacial score (nSPS) is 14.8. The molecule has 0 aliphatic carbocycles. The molecule has 0 bridgehead atoms. The number of halogens is 3. The van der Waals surface area contributed by atoms with Gasteiger partial charge in [-0.15, -0.1) is 0 Å². The van der Waals surface area contributed by atoms with Gasteiger partial charge in [-0.2, -0.15) is 13.2 Å². The molecule has 0 saturated heterocycles. The van der Waals surface area contributed by atoms with Crippen LogP contribution in [0, 0.1) is 0 Å². The number of nitrogens with two attached hydrogens (primary N) is 1. The summed E-state index contributed by atoms with van der Waals surface area (Å²) in [6.07, 6.45) is -4.48. The Morgan fingerprint density at radius 1 is 1.33 bits per heavy atom. The van der Waals surface area contributed by atoms with Crippen molar-refractivity contribution in [2.75, 3.05) is 20.2 Å². The Balaban J connectivity index is 5.02. The molecule has 0 aliphatic heterocycles. The van der Waals surface area contributed by atoms with Crippen LogP contribution in [0.4, 0.5) is 13.2 Å². The number of carbonyl (C=O) groups is 2. The third-order valence-electron chi connectivity index (χ3n) is 2.36. The van der Waals surface area contributed by atoms with Crippen molar-refractivity contribution in [3.05, 3.63) is 0 Å². The monoisotopic (exact) mass is 270 g/mol. The number of rotatable bonds is 5. The highest BCUT2D eigenvalue weighted by Crippen LogP contribution is 2.29. The number of hydrogen-bond donors (Lipinski definition) is 1. The van der Waals surface area contributed by atoms with Crippen LogP contribution in [0.1, 0.15) is 20.3 Å². The molecule has 0 aromatic rings. The first-order valence-electron chi connectivity index (χ1n) is 5.29. The highest BCUT2D eigenvalue weighted by molar-refractivity contribution is 5.89. The van der Waals surface area contributed by atoms with E-state index in [1.165, 1.54) is 0 Å². The van der Waals surface area contributed by atoms with Crippen LogP contribution in [0.3, 0.4) is 0 Å². The highest BCUT2D eigenvalue weighted by atomic mass is 19.4. The molecule has 0 fully saturated rings. The van der Waals surface area contributed by atoms with Gasteiger partial charge in [0, 0.05) is 6.54 Å².